The Morgan fingerprint density at radius 1 is 1.08 bits per heavy atom. The van der Waals surface area contributed by atoms with Gasteiger partial charge < -0.3 is 9.64 Å². The molecule has 3 heterocycles. The van der Waals surface area contributed by atoms with Gasteiger partial charge in [0, 0.05) is 19.3 Å². The van der Waals surface area contributed by atoms with Gasteiger partial charge in [0.15, 0.2) is 0 Å². The molecule has 0 bridgehead atoms. The maximum Gasteiger partial charge on any atom is 0.333 e. The van der Waals surface area contributed by atoms with Crippen molar-refractivity contribution in [1.82, 2.24) is 19.0 Å². The van der Waals surface area contributed by atoms with Crippen LogP contribution in [0.3, 0.4) is 0 Å². The number of fused-ring (bicyclic) bond motifs is 1. The maximum absolute atomic E-state index is 13.8. The van der Waals surface area contributed by atoms with E-state index in [9.17, 15) is 14.9 Å². The second-order valence-corrected chi connectivity index (χ2v) is 10.8. The van der Waals surface area contributed by atoms with Gasteiger partial charge in [0.05, 0.1) is 29.0 Å². The van der Waals surface area contributed by atoms with Gasteiger partial charge in [-0.2, -0.15) is 5.26 Å². The van der Waals surface area contributed by atoms with Crippen molar-refractivity contribution in [2.24, 2.45) is 5.41 Å². The minimum atomic E-state index is -0.297. The summed E-state index contributed by atoms with van der Waals surface area (Å²) in [5.41, 5.74) is 1.75. The number of pyridine rings is 1. The highest BCUT2D eigenvalue weighted by Crippen LogP contribution is 2.27. The monoisotopic (exact) mass is 521 g/mol. The second kappa shape index (κ2) is 10.6. The van der Waals surface area contributed by atoms with Gasteiger partial charge in [0.2, 0.25) is 0 Å². The molecule has 1 fully saturated rings. The van der Waals surface area contributed by atoms with Crippen LogP contribution < -0.4 is 10.4 Å². The predicted octanol–water partition coefficient (Wildman–Crippen LogP) is 5.47. The van der Waals surface area contributed by atoms with Gasteiger partial charge in [-0.1, -0.05) is 45.0 Å². The number of allylic oxidation sites excluding steroid dienone is 1. The lowest BCUT2D eigenvalue weighted by Crippen LogP contribution is -2.40. The number of nitrogens with zero attached hydrogens (tertiary/aromatic N) is 5. The van der Waals surface area contributed by atoms with Crippen molar-refractivity contribution >= 4 is 16.9 Å². The summed E-state index contributed by atoms with van der Waals surface area (Å²) in [4.78, 5) is 33.1. The van der Waals surface area contributed by atoms with Crippen molar-refractivity contribution < 1.29 is 9.53 Å². The summed E-state index contributed by atoms with van der Waals surface area (Å²) in [5, 5.41) is 9.67. The zero-order chi connectivity index (χ0) is 27.6. The Morgan fingerprint density at radius 3 is 2.49 bits per heavy atom. The summed E-state index contributed by atoms with van der Waals surface area (Å²) in [6.45, 7) is 6.78. The Balaban J connectivity index is 1.46. The first-order chi connectivity index (χ1) is 18.7. The number of hydrogen-bond acceptors (Lipinski definition) is 5. The summed E-state index contributed by atoms with van der Waals surface area (Å²) in [7, 11) is 0. The first-order valence-corrected chi connectivity index (χ1v) is 13.1. The van der Waals surface area contributed by atoms with Gasteiger partial charge in [-0.25, -0.2) is 4.79 Å². The number of carbonyl (C=O) groups excluding carboxylic acids is 1. The zero-order valence-corrected chi connectivity index (χ0v) is 22.4. The van der Waals surface area contributed by atoms with Crippen LogP contribution in [0.5, 0.6) is 11.5 Å². The molecular formula is C31H31N5O3. The minimum Gasteiger partial charge on any atom is -0.457 e. The first kappa shape index (κ1) is 26.0. The molecule has 0 spiro atoms. The van der Waals surface area contributed by atoms with Crippen molar-refractivity contribution in [3.8, 4) is 23.3 Å². The Kier molecular flexibility index (Phi) is 7.07. The summed E-state index contributed by atoms with van der Waals surface area (Å²) >= 11 is 0. The molecule has 39 heavy (non-hydrogen) atoms. The number of nitriles is 1. The first-order valence-electron chi connectivity index (χ1n) is 13.1. The molecule has 0 saturated carbocycles. The van der Waals surface area contributed by atoms with E-state index < -0.39 is 0 Å². The number of amides is 1. The number of imidazole rings is 1. The fourth-order valence-corrected chi connectivity index (χ4v) is 5.05. The van der Waals surface area contributed by atoms with Crippen LogP contribution in [0, 0.1) is 16.7 Å². The lowest BCUT2D eigenvalue weighted by atomic mass is 9.93. The van der Waals surface area contributed by atoms with Gasteiger partial charge in [-0.05, 0) is 60.7 Å². The van der Waals surface area contributed by atoms with Crippen LogP contribution in [0.1, 0.15) is 33.6 Å². The SMILES string of the molecule is CC(C)(C)C=C(C#N)C(=O)N1CCCC1Cn1c(=O)n(-c2ccc(Oc3ccccc3)cc2)c2cnccc21. The molecule has 8 nitrogen and oxygen atoms in total. The minimum absolute atomic E-state index is 0.145. The molecule has 1 amide bonds. The molecule has 0 radical (unpaired) electrons. The number of benzene rings is 2. The Labute approximate surface area is 227 Å². The van der Waals surface area contributed by atoms with E-state index in [4.69, 9.17) is 4.74 Å². The average molecular weight is 522 g/mol. The number of aromatic nitrogens is 3. The molecule has 4 aromatic rings. The normalized spacial score (nSPS) is 15.9. The Morgan fingerprint density at radius 2 is 1.79 bits per heavy atom. The summed E-state index contributed by atoms with van der Waals surface area (Å²) in [6, 6.07) is 20.6. The van der Waals surface area contributed by atoms with Gasteiger partial charge >= 0.3 is 5.69 Å². The largest absolute Gasteiger partial charge is 0.457 e. The van der Waals surface area contributed by atoms with Gasteiger partial charge in [-0.15, -0.1) is 0 Å². The van der Waals surface area contributed by atoms with Crippen LogP contribution >= 0.6 is 0 Å². The molecule has 1 saturated heterocycles. The zero-order valence-electron chi connectivity index (χ0n) is 22.4. The quantitative estimate of drug-likeness (QED) is 0.248. The molecular weight excluding hydrogens is 490 g/mol. The molecule has 2 aromatic carbocycles. The molecule has 2 aromatic heterocycles. The van der Waals surface area contributed by atoms with Gasteiger partial charge in [0.25, 0.3) is 5.91 Å². The molecule has 0 N–H and O–H groups in total. The van der Waals surface area contributed by atoms with Crippen LogP contribution in [0.4, 0.5) is 0 Å². The van der Waals surface area contributed by atoms with Crippen molar-refractivity contribution in [2.45, 2.75) is 46.2 Å². The standard InChI is InChI=1S/C31H31N5O3/c1-31(2,3)18-22(19-32)29(37)34-17-7-8-24(34)21-35-27-15-16-33-20-28(27)36(30(35)38)23-11-13-26(14-12-23)39-25-9-5-4-6-10-25/h4-6,9-16,18,20,24H,7-8,17,21H2,1-3H3. The third-order valence-electron chi connectivity index (χ3n) is 6.76. The van der Waals surface area contributed by atoms with Crippen LogP contribution in [0.15, 0.2) is 89.5 Å². The molecule has 1 atom stereocenters. The third-order valence-corrected chi connectivity index (χ3v) is 6.76. The topological polar surface area (TPSA) is 93.2 Å². The highest BCUT2D eigenvalue weighted by Gasteiger charge is 2.32. The maximum atomic E-state index is 13.8. The fourth-order valence-electron chi connectivity index (χ4n) is 5.05. The molecule has 1 unspecified atom stereocenters. The third kappa shape index (κ3) is 5.48. The molecule has 0 aliphatic carbocycles. The molecule has 1 aliphatic rings. The van der Waals surface area contributed by atoms with E-state index in [-0.39, 0.29) is 28.6 Å². The number of likely N-dealkylation sites (tertiary alicyclic amines) is 1. The van der Waals surface area contributed by atoms with Gasteiger partial charge in [0.1, 0.15) is 23.1 Å². The molecule has 1 aliphatic heterocycles. The van der Waals surface area contributed by atoms with Crippen molar-refractivity contribution in [2.75, 3.05) is 6.54 Å². The smallest absolute Gasteiger partial charge is 0.333 e. The van der Waals surface area contributed by atoms with E-state index in [0.29, 0.717) is 30.0 Å². The highest BCUT2D eigenvalue weighted by molar-refractivity contribution is 5.97. The summed E-state index contributed by atoms with van der Waals surface area (Å²) in [6.07, 6.45) is 6.65. The van der Waals surface area contributed by atoms with Crippen molar-refractivity contribution in [3.63, 3.8) is 0 Å². The van der Waals surface area contributed by atoms with E-state index in [2.05, 4.69) is 11.1 Å². The number of carbonyl (C=O) groups is 1. The fraction of sp³-hybridized carbons (Fsp3) is 0.290. The van der Waals surface area contributed by atoms with E-state index in [1.165, 1.54) is 0 Å². The van der Waals surface area contributed by atoms with Crippen LogP contribution in [0.2, 0.25) is 0 Å². The summed E-state index contributed by atoms with van der Waals surface area (Å²) < 4.78 is 9.25. The number of para-hydroxylation sites is 1. The van der Waals surface area contributed by atoms with Crippen LogP contribution in [-0.2, 0) is 11.3 Å². The van der Waals surface area contributed by atoms with Crippen molar-refractivity contribution in [3.05, 3.63) is 95.2 Å². The molecule has 5 rings (SSSR count). The predicted molar refractivity (Wildman–Crippen MR) is 150 cm³/mol. The van der Waals surface area contributed by atoms with E-state index in [0.717, 1.165) is 24.1 Å². The lowest BCUT2D eigenvalue weighted by molar-refractivity contribution is -0.127. The van der Waals surface area contributed by atoms with E-state index in [1.54, 1.807) is 32.5 Å². The number of rotatable bonds is 6. The highest BCUT2D eigenvalue weighted by atomic mass is 16.5. The van der Waals surface area contributed by atoms with Crippen LogP contribution in [-0.4, -0.2) is 37.5 Å². The van der Waals surface area contributed by atoms with E-state index in [1.807, 2.05) is 81.4 Å². The van der Waals surface area contributed by atoms with E-state index >= 15 is 0 Å². The number of ether oxygens (including phenoxy) is 1. The van der Waals surface area contributed by atoms with Crippen LogP contribution in [0.25, 0.3) is 16.7 Å². The number of hydrogen-bond donors (Lipinski definition) is 0. The lowest BCUT2D eigenvalue weighted by Gasteiger charge is -2.25. The Bertz CT molecular complexity index is 1620. The summed E-state index contributed by atoms with van der Waals surface area (Å²) in [5.74, 6) is 1.12. The second-order valence-electron chi connectivity index (χ2n) is 10.8. The Hall–Kier alpha value is -4.64. The molecule has 8 heteroatoms. The average Bonchev–Trinajstić information content (AvgIpc) is 3.50. The van der Waals surface area contributed by atoms with Gasteiger partial charge in [-0.3, -0.25) is 18.9 Å². The molecule has 198 valence electrons. The van der Waals surface area contributed by atoms with Crippen molar-refractivity contribution in [1.29, 1.82) is 5.26 Å².